The van der Waals surface area contributed by atoms with E-state index < -0.39 is 0 Å². The van der Waals surface area contributed by atoms with Crippen molar-refractivity contribution in [1.82, 2.24) is 0 Å². The first kappa shape index (κ1) is 12.6. The lowest BCUT2D eigenvalue weighted by molar-refractivity contribution is 0.985. The summed E-state index contributed by atoms with van der Waals surface area (Å²) in [6.07, 6.45) is 2.03. The molecule has 1 unspecified atom stereocenters. The SMILES string of the molecule is C=CC(C)c1cccc2sc3ccc4ccccc4c3c12. The molecule has 0 saturated heterocycles. The van der Waals surface area contributed by atoms with E-state index in [1.807, 2.05) is 17.4 Å². The van der Waals surface area contributed by atoms with Gasteiger partial charge in [0, 0.05) is 20.2 Å². The molecule has 0 fully saturated rings. The van der Waals surface area contributed by atoms with Crippen LogP contribution in [0.25, 0.3) is 30.9 Å². The van der Waals surface area contributed by atoms with Gasteiger partial charge in [-0.15, -0.1) is 17.9 Å². The number of hydrogen-bond acceptors (Lipinski definition) is 1. The minimum Gasteiger partial charge on any atom is -0.135 e. The van der Waals surface area contributed by atoms with Gasteiger partial charge in [-0.2, -0.15) is 0 Å². The van der Waals surface area contributed by atoms with Crippen LogP contribution in [0.4, 0.5) is 0 Å². The normalized spacial score (nSPS) is 13.0. The largest absolute Gasteiger partial charge is 0.135 e. The lowest BCUT2D eigenvalue weighted by Gasteiger charge is -2.09. The van der Waals surface area contributed by atoms with Gasteiger partial charge in [-0.05, 0) is 34.4 Å². The standard InChI is InChI=1S/C20H16S/c1-3-13(2)15-9-6-10-17-19(15)20-16-8-5-4-7-14(16)11-12-18(20)21-17/h3-13H,1H2,2H3. The van der Waals surface area contributed by atoms with Gasteiger partial charge in [-0.3, -0.25) is 0 Å². The highest BCUT2D eigenvalue weighted by Gasteiger charge is 2.14. The molecule has 0 aliphatic heterocycles. The zero-order chi connectivity index (χ0) is 14.4. The molecule has 1 heteroatoms. The summed E-state index contributed by atoms with van der Waals surface area (Å²) in [6.45, 7) is 6.19. The Morgan fingerprint density at radius 3 is 2.57 bits per heavy atom. The number of fused-ring (bicyclic) bond motifs is 5. The summed E-state index contributed by atoms with van der Waals surface area (Å²) < 4.78 is 2.74. The summed E-state index contributed by atoms with van der Waals surface area (Å²) in [5.41, 5.74) is 1.38. The van der Waals surface area contributed by atoms with Crippen LogP contribution in [0.2, 0.25) is 0 Å². The van der Waals surface area contributed by atoms with E-state index in [2.05, 4.69) is 68.1 Å². The fourth-order valence-electron chi connectivity index (χ4n) is 3.12. The first-order valence-corrected chi connectivity index (χ1v) is 8.06. The number of hydrogen-bond donors (Lipinski definition) is 0. The fourth-order valence-corrected chi connectivity index (χ4v) is 4.28. The van der Waals surface area contributed by atoms with Crippen LogP contribution >= 0.6 is 11.3 Å². The average molecular weight is 288 g/mol. The molecule has 0 spiro atoms. The van der Waals surface area contributed by atoms with Gasteiger partial charge in [0.25, 0.3) is 0 Å². The first-order chi connectivity index (χ1) is 10.3. The third-order valence-corrected chi connectivity index (χ3v) is 5.38. The Morgan fingerprint density at radius 1 is 0.905 bits per heavy atom. The van der Waals surface area contributed by atoms with E-state index in [1.165, 1.54) is 36.5 Å². The van der Waals surface area contributed by atoms with Crippen LogP contribution in [0, 0.1) is 0 Å². The molecule has 4 rings (SSSR count). The highest BCUT2D eigenvalue weighted by Crippen LogP contribution is 2.41. The van der Waals surface area contributed by atoms with E-state index in [0.29, 0.717) is 5.92 Å². The van der Waals surface area contributed by atoms with Gasteiger partial charge in [-0.25, -0.2) is 0 Å². The molecule has 3 aromatic carbocycles. The van der Waals surface area contributed by atoms with E-state index in [9.17, 15) is 0 Å². The molecule has 1 aromatic heterocycles. The first-order valence-electron chi connectivity index (χ1n) is 7.25. The zero-order valence-corrected chi connectivity index (χ0v) is 12.8. The molecule has 0 saturated carbocycles. The maximum atomic E-state index is 3.97. The predicted octanol–water partition coefficient (Wildman–Crippen LogP) is 6.50. The number of thiophene rings is 1. The third-order valence-electron chi connectivity index (χ3n) is 4.26. The topological polar surface area (TPSA) is 0 Å². The third kappa shape index (κ3) is 1.81. The minimum atomic E-state index is 0.366. The quantitative estimate of drug-likeness (QED) is 0.369. The molecule has 21 heavy (non-hydrogen) atoms. The van der Waals surface area contributed by atoms with Crippen molar-refractivity contribution in [3.63, 3.8) is 0 Å². The summed E-state index contributed by atoms with van der Waals surface area (Å²) in [6, 6.07) is 19.8. The van der Waals surface area contributed by atoms with Crippen LogP contribution in [0.1, 0.15) is 18.4 Å². The van der Waals surface area contributed by atoms with Crippen LogP contribution in [-0.4, -0.2) is 0 Å². The molecule has 102 valence electrons. The molecule has 0 aliphatic carbocycles. The second-order valence-electron chi connectivity index (χ2n) is 5.51. The monoisotopic (exact) mass is 288 g/mol. The van der Waals surface area contributed by atoms with E-state index in [1.54, 1.807) is 0 Å². The van der Waals surface area contributed by atoms with Crippen molar-refractivity contribution in [2.24, 2.45) is 0 Å². The summed E-state index contributed by atoms with van der Waals surface area (Å²) in [7, 11) is 0. The summed E-state index contributed by atoms with van der Waals surface area (Å²) in [5, 5.41) is 5.47. The number of allylic oxidation sites excluding steroid dienone is 1. The maximum Gasteiger partial charge on any atom is 0.0361 e. The molecule has 0 nitrogen and oxygen atoms in total. The van der Waals surface area contributed by atoms with Crippen LogP contribution < -0.4 is 0 Å². The maximum absolute atomic E-state index is 3.97. The van der Waals surface area contributed by atoms with Gasteiger partial charge in [0.15, 0.2) is 0 Å². The molecule has 1 atom stereocenters. The molecular formula is C20H16S. The Morgan fingerprint density at radius 2 is 1.71 bits per heavy atom. The Bertz CT molecular complexity index is 975. The van der Waals surface area contributed by atoms with Gasteiger partial charge in [-0.1, -0.05) is 55.5 Å². The van der Waals surface area contributed by atoms with Gasteiger partial charge >= 0.3 is 0 Å². The van der Waals surface area contributed by atoms with Crippen molar-refractivity contribution in [1.29, 1.82) is 0 Å². The van der Waals surface area contributed by atoms with Crippen molar-refractivity contribution in [2.45, 2.75) is 12.8 Å². The Kier molecular flexibility index (Phi) is 2.83. The molecule has 1 heterocycles. The smallest absolute Gasteiger partial charge is 0.0361 e. The number of rotatable bonds is 2. The lowest BCUT2D eigenvalue weighted by atomic mass is 9.94. The van der Waals surface area contributed by atoms with Crippen molar-refractivity contribution < 1.29 is 0 Å². The van der Waals surface area contributed by atoms with Crippen LogP contribution in [0.5, 0.6) is 0 Å². The zero-order valence-electron chi connectivity index (χ0n) is 12.0. The molecule has 0 radical (unpaired) electrons. The van der Waals surface area contributed by atoms with Crippen molar-refractivity contribution in [2.75, 3.05) is 0 Å². The van der Waals surface area contributed by atoms with Gasteiger partial charge in [0.1, 0.15) is 0 Å². The van der Waals surface area contributed by atoms with E-state index in [0.717, 1.165) is 0 Å². The van der Waals surface area contributed by atoms with E-state index >= 15 is 0 Å². The second kappa shape index (κ2) is 4.71. The Balaban J connectivity index is 2.28. The fraction of sp³-hybridized carbons (Fsp3) is 0.100. The lowest BCUT2D eigenvalue weighted by Crippen LogP contribution is -1.89. The van der Waals surface area contributed by atoms with Crippen LogP contribution in [0.15, 0.2) is 67.3 Å². The second-order valence-corrected chi connectivity index (χ2v) is 6.59. The molecule has 0 amide bonds. The summed E-state index contributed by atoms with van der Waals surface area (Å²) >= 11 is 1.88. The van der Waals surface area contributed by atoms with Crippen molar-refractivity contribution in [3.8, 4) is 0 Å². The molecule has 0 aliphatic rings. The molecular weight excluding hydrogens is 272 g/mol. The molecule has 0 bridgehead atoms. The van der Waals surface area contributed by atoms with Gasteiger partial charge in [0.2, 0.25) is 0 Å². The Hall–Kier alpha value is -2.12. The van der Waals surface area contributed by atoms with Gasteiger partial charge < -0.3 is 0 Å². The summed E-state index contributed by atoms with van der Waals surface area (Å²) in [5.74, 6) is 0.366. The van der Waals surface area contributed by atoms with Crippen molar-refractivity contribution in [3.05, 3.63) is 72.8 Å². The molecule has 0 N–H and O–H groups in total. The average Bonchev–Trinajstić information content (AvgIpc) is 2.93. The minimum absolute atomic E-state index is 0.366. The van der Waals surface area contributed by atoms with Gasteiger partial charge in [0.05, 0.1) is 0 Å². The van der Waals surface area contributed by atoms with Crippen molar-refractivity contribution >= 4 is 42.3 Å². The molecule has 4 aromatic rings. The summed E-state index contributed by atoms with van der Waals surface area (Å²) in [4.78, 5) is 0. The highest BCUT2D eigenvalue weighted by atomic mass is 32.1. The van der Waals surface area contributed by atoms with Crippen LogP contribution in [-0.2, 0) is 0 Å². The number of benzene rings is 3. The van der Waals surface area contributed by atoms with E-state index in [-0.39, 0.29) is 0 Å². The highest BCUT2D eigenvalue weighted by molar-refractivity contribution is 7.26. The Labute approximate surface area is 128 Å². The predicted molar refractivity (Wildman–Crippen MR) is 95.4 cm³/mol. The van der Waals surface area contributed by atoms with E-state index in [4.69, 9.17) is 0 Å². The van der Waals surface area contributed by atoms with Crippen LogP contribution in [0.3, 0.4) is 0 Å².